The highest BCUT2D eigenvalue weighted by Gasteiger charge is 2.31. The quantitative estimate of drug-likeness (QED) is 0.496. The maximum atomic E-state index is 12.3. The second-order valence-electron chi connectivity index (χ2n) is 7.64. The molecule has 1 fully saturated rings. The molecule has 4 N–H and O–H groups in total. The fraction of sp³-hybridized carbons (Fsp3) is 0.524. The van der Waals surface area contributed by atoms with Crippen molar-refractivity contribution in [2.45, 2.75) is 57.8 Å². The van der Waals surface area contributed by atoms with Gasteiger partial charge in [0.15, 0.2) is 5.76 Å². The molecule has 2 aromatic heterocycles. The summed E-state index contributed by atoms with van der Waals surface area (Å²) in [6.07, 6.45) is 4.98. The molecule has 0 unspecified atom stereocenters. The van der Waals surface area contributed by atoms with E-state index in [1.54, 1.807) is 32.3 Å². The molecule has 0 radical (unpaired) electrons. The number of aromatic nitrogens is 2. The summed E-state index contributed by atoms with van der Waals surface area (Å²) in [6, 6.07) is 3.04. The molecule has 0 spiro atoms. The van der Waals surface area contributed by atoms with Crippen molar-refractivity contribution in [3.8, 4) is 0 Å². The van der Waals surface area contributed by atoms with Crippen LogP contribution in [0.2, 0.25) is 0 Å². The van der Waals surface area contributed by atoms with Gasteiger partial charge in [-0.3, -0.25) is 9.78 Å². The Labute approximate surface area is 180 Å². The minimum absolute atomic E-state index is 0.108. The number of hydrogen-bond donors (Lipinski definition) is 4. The molecule has 0 aliphatic carbocycles. The third-order valence-corrected chi connectivity index (χ3v) is 5.25. The van der Waals surface area contributed by atoms with Crippen molar-refractivity contribution in [3.63, 3.8) is 0 Å². The Kier molecular flexibility index (Phi) is 7.96. The van der Waals surface area contributed by atoms with Gasteiger partial charge in [0.25, 0.3) is 0 Å². The van der Waals surface area contributed by atoms with Gasteiger partial charge in [0.05, 0.1) is 25.2 Å². The molecule has 168 valence electrons. The zero-order valence-corrected chi connectivity index (χ0v) is 17.8. The number of nitrogens with one attached hydrogen (secondary N) is 3. The molecule has 1 saturated heterocycles. The Morgan fingerprint density at radius 2 is 2.13 bits per heavy atom. The van der Waals surface area contributed by atoms with Crippen LogP contribution in [0.15, 0.2) is 29.0 Å². The van der Waals surface area contributed by atoms with Gasteiger partial charge in [-0.2, -0.15) is 0 Å². The number of rotatable bonds is 8. The largest absolute Gasteiger partial charge is 0.394 e. The van der Waals surface area contributed by atoms with Crippen molar-refractivity contribution < 1.29 is 24.0 Å². The third-order valence-electron chi connectivity index (χ3n) is 5.25. The first-order chi connectivity index (χ1) is 15.0. The molecule has 3 heterocycles. The number of aliphatic hydroxyl groups excluding tert-OH is 1. The van der Waals surface area contributed by atoms with Crippen molar-refractivity contribution in [1.82, 2.24) is 20.8 Å². The van der Waals surface area contributed by atoms with E-state index in [4.69, 9.17) is 9.26 Å². The molecule has 1 aliphatic heterocycles. The number of carbonyl (C=O) groups is 2. The van der Waals surface area contributed by atoms with Gasteiger partial charge in [0.1, 0.15) is 17.5 Å². The first-order valence-electron chi connectivity index (χ1n) is 10.4. The number of nitrogens with zero attached hydrogens (tertiary/aromatic N) is 2. The van der Waals surface area contributed by atoms with E-state index in [1.165, 1.54) is 0 Å². The predicted octanol–water partition coefficient (Wildman–Crippen LogP) is 1.47. The number of ether oxygens (including phenoxy) is 1. The zero-order chi connectivity index (χ0) is 22.2. The summed E-state index contributed by atoms with van der Waals surface area (Å²) in [7, 11) is 0. The number of pyridine rings is 1. The average Bonchev–Trinajstić information content (AvgIpc) is 3.07. The van der Waals surface area contributed by atoms with Crippen LogP contribution >= 0.6 is 0 Å². The van der Waals surface area contributed by atoms with Gasteiger partial charge < -0.3 is 30.3 Å². The Balaban J connectivity index is 1.40. The van der Waals surface area contributed by atoms with E-state index in [0.29, 0.717) is 36.5 Å². The molecule has 0 saturated carbocycles. The van der Waals surface area contributed by atoms with E-state index in [-0.39, 0.29) is 37.1 Å². The highest BCUT2D eigenvalue weighted by atomic mass is 16.5. The molecule has 1 aliphatic rings. The van der Waals surface area contributed by atoms with Gasteiger partial charge in [-0.15, -0.1) is 0 Å². The van der Waals surface area contributed by atoms with Gasteiger partial charge >= 0.3 is 6.03 Å². The number of carbonyl (C=O) groups excluding carboxylic acids is 2. The molecule has 0 bridgehead atoms. The van der Waals surface area contributed by atoms with Crippen molar-refractivity contribution >= 4 is 17.6 Å². The normalized spacial score (nSPS) is 20.8. The Bertz CT molecular complexity index is 853. The minimum atomic E-state index is -0.479. The molecule has 2 aromatic rings. The van der Waals surface area contributed by atoms with Crippen molar-refractivity contribution in [3.05, 3.63) is 41.5 Å². The lowest BCUT2D eigenvalue weighted by Crippen LogP contribution is -2.51. The lowest BCUT2D eigenvalue weighted by atomic mass is 9.97. The smallest absolute Gasteiger partial charge is 0.319 e. The van der Waals surface area contributed by atoms with E-state index < -0.39 is 6.10 Å². The number of aryl methyl sites for hydroxylation is 2. The molecule has 10 nitrogen and oxygen atoms in total. The fourth-order valence-corrected chi connectivity index (χ4v) is 3.62. The second-order valence-corrected chi connectivity index (χ2v) is 7.64. The van der Waals surface area contributed by atoms with Crippen molar-refractivity contribution in [1.29, 1.82) is 0 Å². The van der Waals surface area contributed by atoms with Crippen LogP contribution in [-0.4, -0.2) is 58.6 Å². The third kappa shape index (κ3) is 6.50. The predicted molar refractivity (Wildman–Crippen MR) is 112 cm³/mol. The second kappa shape index (κ2) is 10.9. The zero-order valence-electron chi connectivity index (χ0n) is 17.8. The van der Waals surface area contributed by atoms with E-state index in [1.807, 2.05) is 6.07 Å². The van der Waals surface area contributed by atoms with Gasteiger partial charge in [-0.1, -0.05) is 11.2 Å². The SMILES string of the molecule is Cc1noc(C)c1NC(=O)NCC[C@@H]1CC[C@@H](NC(=O)Cc2cccnc2)[C@@H](CO)O1. The van der Waals surface area contributed by atoms with Crippen LogP contribution in [0.1, 0.15) is 36.3 Å². The van der Waals surface area contributed by atoms with Gasteiger partial charge in [-0.25, -0.2) is 4.79 Å². The first-order valence-corrected chi connectivity index (χ1v) is 10.4. The van der Waals surface area contributed by atoms with Crippen molar-refractivity contribution in [2.75, 3.05) is 18.5 Å². The summed E-state index contributed by atoms with van der Waals surface area (Å²) in [5.41, 5.74) is 2.01. The summed E-state index contributed by atoms with van der Waals surface area (Å²) >= 11 is 0. The number of aliphatic hydroxyl groups is 1. The van der Waals surface area contributed by atoms with E-state index in [0.717, 1.165) is 12.0 Å². The van der Waals surface area contributed by atoms with Crippen LogP contribution in [0.3, 0.4) is 0 Å². The van der Waals surface area contributed by atoms with Crippen molar-refractivity contribution in [2.24, 2.45) is 0 Å². The molecule has 3 amide bonds. The topological polar surface area (TPSA) is 139 Å². The molecule has 3 rings (SSSR count). The fourth-order valence-electron chi connectivity index (χ4n) is 3.62. The summed E-state index contributed by atoms with van der Waals surface area (Å²) in [6.45, 7) is 3.71. The first kappa shape index (κ1) is 22.7. The maximum Gasteiger partial charge on any atom is 0.319 e. The maximum absolute atomic E-state index is 12.3. The number of hydrogen-bond acceptors (Lipinski definition) is 7. The van der Waals surface area contributed by atoms with Gasteiger partial charge in [0.2, 0.25) is 5.91 Å². The molecular weight excluding hydrogens is 402 g/mol. The lowest BCUT2D eigenvalue weighted by Gasteiger charge is -2.36. The average molecular weight is 431 g/mol. The standard InChI is InChI=1S/C21H29N5O5/c1-13-20(14(2)31-26-13)25-21(29)23-9-7-16-5-6-17(18(12-27)30-16)24-19(28)10-15-4-3-8-22-11-15/h3-4,8,11,16-18,27H,5-7,9-10,12H2,1-2H3,(H,24,28)(H2,23,25,29)/t16-,17+,18+/m0/s1. The number of amides is 3. The van der Waals surface area contributed by atoms with Crippen LogP contribution in [0, 0.1) is 13.8 Å². The molecule has 3 atom stereocenters. The van der Waals surface area contributed by atoms with Crippen LogP contribution < -0.4 is 16.0 Å². The summed E-state index contributed by atoms with van der Waals surface area (Å²) in [5.74, 6) is 0.418. The summed E-state index contributed by atoms with van der Waals surface area (Å²) in [4.78, 5) is 28.4. The highest BCUT2D eigenvalue weighted by molar-refractivity contribution is 5.90. The number of urea groups is 1. The monoisotopic (exact) mass is 431 g/mol. The highest BCUT2D eigenvalue weighted by Crippen LogP contribution is 2.22. The molecule has 0 aromatic carbocycles. The van der Waals surface area contributed by atoms with Gasteiger partial charge in [-0.05, 0) is 44.7 Å². The Hall–Kier alpha value is -2.98. The Morgan fingerprint density at radius 1 is 1.29 bits per heavy atom. The van der Waals surface area contributed by atoms with E-state index in [2.05, 4.69) is 26.1 Å². The number of anilines is 1. The molecule has 31 heavy (non-hydrogen) atoms. The minimum Gasteiger partial charge on any atom is -0.394 e. The van der Waals surface area contributed by atoms with Gasteiger partial charge in [0, 0.05) is 18.9 Å². The van der Waals surface area contributed by atoms with Crippen LogP contribution in [0.25, 0.3) is 0 Å². The van der Waals surface area contributed by atoms with Crippen LogP contribution in [-0.2, 0) is 16.0 Å². The van der Waals surface area contributed by atoms with E-state index >= 15 is 0 Å². The molecule has 10 heteroatoms. The Morgan fingerprint density at radius 3 is 2.81 bits per heavy atom. The lowest BCUT2D eigenvalue weighted by molar-refractivity contribution is -0.127. The van der Waals surface area contributed by atoms with Crippen LogP contribution in [0.4, 0.5) is 10.5 Å². The molecular formula is C21H29N5O5. The summed E-state index contributed by atoms with van der Waals surface area (Å²) < 4.78 is 11.0. The van der Waals surface area contributed by atoms with Crippen LogP contribution in [0.5, 0.6) is 0 Å². The van der Waals surface area contributed by atoms with E-state index in [9.17, 15) is 14.7 Å². The summed E-state index contributed by atoms with van der Waals surface area (Å²) in [5, 5.41) is 22.0.